The van der Waals surface area contributed by atoms with Crippen molar-refractivity contribution in [2.75, 3.05) is 5.73 Å². The number of ether oxygens (including phenoxy) is 1. The molecule has 3 heterocycles. The first-order chi connectivity index (χ1) is 13.3. The first kappa shape index (κ1) is 18.2. The molecule has 0 amide bonds. The minimum atomic E-state index is -0.536. The fraction of sp³-hybridized carbons (Fsp3) is 0.190. The van der Waals surface area contributed by atoms with Gasteiger partial charge in [0, 0.05) is 28.1 Å². The van der Waals surface area contributed by atoms with Gasteiger partial charge in [0.2, 0.25) is 0 Å². The van der Waals surface area contributed by atoms with Crippen molar-refractivity contribution in [3.8, 4) is 0 Å². The first-order valence-corrected chi connectivity index (χ1v) is 9.52. The Morgan fingerprint density at radius 2 is 2.00 bits per heavy atom. The molecule has 0 aliphatic carbocycles. The predicted octanol–water partition coefficient (Wildman–Crippen LogP) is 4.27. The average molecular weight is 394 g/mol. The quantitative estimate of drug-likeness (QED) is 0.412. The van der Waals surface area contributed by atoms with Gasteiger partial charge in [-0.3, -0.25) is 0 Å². The van der Waals surface area contributed by atoms with E-state index in [9.17, 15) is 9.59 Å². The maximum Gasteiger partial charge on any atom is 0.350 e. The molecule has 0 fully saturated rings. The number of carbonyl (C=O) groups excluding carboxylic acids is 1. The smallest absolute Gasteiger partial charge is 0.350 e. The van der Waals surface area contributed by atoms with E-state index in [1.807, 2.05) is 39.0 Å². The zero-order chi connectivity index (χ0) is 20.0. The third-order valence-corrected chi connectivity index (χ3v) is 5.63. The highest BCUT2D eigenvalue weighted by Crippen LogP contribution is 2.35. The van der Waals surface area contributed by atoms with Crippen molar-refractivity contribution in [1.82, 2.24) is 4.98 Å². The minimum Gasteiger partial charge on any atom is -0.457 e. The number of benzene rings is 1. The Bertz CT molecular complexity index is 1300. The second-order valence-electron chi connectivity index (χ2n) is 6.77. The molecule has 0 aliphatic heterocycles. The number of rotatable bonds is 3. The molecule has 142 valence electrons. The molecule has 0 bridgehead atoms. The second-order valence-corrected chi connectivity index (χ2v) is 7.77. The Hall–Kier alpha value is -3.19. The zero-order valence-electron chi connectivity index (χ0n) is 15.7. The van der Waals surface area contributed by atoms with E-state index in [2.05, 4.69) is 4.98 Å². The number of fused-ring (bicyclic) bond motifs is 2. The van der Waals surface area contributed by atoms with Gasteiger partial charge in [0.1, 0.15) is 21.9 Å². The molecule has 4 aromatic rings. The van der Waals surface area contributed by atoms with E-state index in [1.54, 1.807) is 6.07 Å². The summed E-state index contributed by atoms with van der Waals surface area (Å²) < 4.78 is 10.7. The van der Waals surface area contributed by atoms with Crippen LogP contribution in [0.5, 0.6) is 0 Å². The summed E-state index contributed by atoms with van der Waals surface area (Å²) in [6.45, 7) is 5.69. The Kier molecular flexibility index (Phi) is 4.39. The fourth-order valence-corrected chi connectivity index (χ4v) is 4.40. The highest BCUT2D eigenvalue weighted by Gasteiger charge is 2.20. The summed E-state index contributed by atoms with van der Waals surface area (Å²) in [4.78, 5) is 30.0. The predicted molar refractivity (Wildman–Crippen MR) is 110 cm³/mol. The van der Waals surface area contributed by atoms with Crippen LogP contribution in [0, 0.1) is 20.8 Å². The monoisotopic (exact) mass is 394 g/mol. The van der Waals surface area contributed by atoms with Crippen LogP contribution in [0.4, 0.5) is 5.69 Å². The summed E-state index contributed by atoms with van der Waals surface area (Å²) in [5.74, 6) is -0.536. The fourth-order valence-electron chi connectivity index (χ4n) is 3.29. The molecule has 0 atom stereocenters. The number of carbonyl (C=O) groups is 1. The van der Waals surface area contributed by atoms with Crippen molar-refractivity contribution in [3.05, 3.63) is 68.0 Å². The Morgan fingerprint density at radius 3 is 2.79 bits per heavy atom. The van der Waals surface area contributed by atoms with Gasteiger partial charge in [-0.15, -0.1) is 11.3 Å². The third kappa shape index (κ3) is 3.14. The van der Waals surface area contributed by atoms with Crippen LogP contribution in [-0.4, -0.2) is 11.0 Å². The number of hydrogen-bond acceptors (Lipinski definition) is 7. The maximum absolute atomic E-state index is 12.7. The lowest BCUT2D eigenvalue weighted by molar-refractivity contribution is 0.0481. The number of nitrogens with zero attached hydrogens (tertiary/aromatic N) is 1. The topological polar surface area (TPSA) is 95.4 Å². The van der Waals surface area contributed by atoms with Crippen LogP contribution in [0.2, 0.25) is 0 Å². The Balaban J connectivity index is 1.66. The van der Waals surface area contributed by atoms with Crippen LogP contribution in [0.25, 0.3) is 21.2 Å². The largest absolute Gasteiger partial charge is 0.457 e. The van der Waals surface area contributed by atoms with Gasteiger partial charge in [-0.05, 0) is 44.0 Å². The van der Waals surface area contributed by atoms with Crippen LogP contribution >= 0.6 is 11.3 Å². The van der Waals surface area contributed by atoms with Crippen molar-refractivity contribution in [1.29, 1.82) is 0 Å². The Labute approximate surface area is 164 Å². The molecule has 0 spiro atoms. The van der Waals surface area contributed by atoms with Crippen molar-refractivity contribution in [2.45, 2.75) is 27.4 Å². The molecule has 4 rings (SSSR count). The summed E-state index contributed by atoms with van der Waals surface area (Å²) in [6.07, 6.45) is 0. The summed E-state index contributed by atoms with van der Waals surface area (Å²) in [6, 6.07) is 8.81. The van der Waals surface area contributed by atoms with Crippen molar-refractivity contribution < 1.29 is 13.9 Å². The zero-order valence-corrected chi connectivity index (χ0v) is 16.5. The van der Waals surface area contributed by atoms with Gasteiger partial charge in [0.25, 0.3) is 0 Å². The van der Waals surface area contributed by atoms with Crippen molar-refractivity contribution >= 4 is 44.2 Å². The molecule has 0 radical (unpaired) electrons. The number of aromatic nitrogens is 1. The third-order valence-electron chi connectivity index (χ3n) is 4.55. The van der Waals surface area contributed by atoms with Gasteiger partial charge in [0.05, 0.1) is 5.69 Å². The number of pyridine rings is 1. The molecule has 2 N–H and O–H groups in total. The lowest BCUT2D eigenvalue weighted by atomic mass is 10.1. The first-order valence-electron chi connectivity index (χ1n) is 8.70. The molecule has 0 unspecified atom stereocenters. The van der Waals surface area contributed by atoms with Gasteiger partial charge in [0.15, 0.2) is 0 Å². The van der Waals surface area contributed by atoms with Crippen LogP contribution < -0.4 is 11.4 Å². The highest BCUT2D eigenvalue weighted by atomic mass is 32.1. The van der Waals surface area contributed by atoms with E-state index in [0.717, 1.165) is 27.6 Å². The highest BCUT2D eigenvalue weighted by molar-refractivity contribution is 7.21. The molecular formula is C21H18N2O4S. The van der Waals surface area contributed by atoms with E-state index < -0.39 is 11.6 Å². The van der Waals surface area contributed by atoms with Gasteiger partial charge < -0.3 is 14.9 Å². The van der Waals surface area contributed by atoms with Crippen LogP contribution in [-0.2, 0) is 11.3 Å². The summed E-state index contributed by atoms with van der Waals surface area (Å²) in [7, 11) is 0. The second kappa shape index (κ2) is 6.76. The van der Waals surface area contributed by atoms with Crippen molar-refractivity contribution in [2.24, 2.45) is 0 Å². The number of aryl methyl sites for hydroxylation is 3. The lowest BCUT2D eigenvalue weighted by Crippen LogP contribution is -2.08. The van der Waals surface area contributed by atoms with Gasteiger partial charge in [-0.25, -0.2) is 14.6 Å². The number of thiophene rings is 1. The van der Waals surface area contributed by atoms with E-state index in [-0.39, 0.29) is 6.61 Å². The maximum atomic E-state index is 12.7. The molecular weight excluding hydrogens is 376 g/mol. The number of hydrogen-bond donors (Lipinski definition) is 1. The van der Waals surface area contributed by atoms with E-state index in [1.165, 1.54) is 17.4 Å². The molecule has 3 aromatic heterocycles. The van der Waals surface area contributed by atoms with Gasteiger partial charge in [-0.2, -0.15) is 0 Å². The lowest BCUT2D eigenvalue weighted by Gasteiger charge is -2.07. The number of esters is 1. The van der Waals surface area contributed by atoms with Gasteiger partial charge in [-0.1, -0.05) is 12.1 Å². The van der Waals surface area contributed by atoms with Gasteiger partial charge >= 0.3 is 11.6 Å². The van der Waals surface area contributed by atoms with E-state index >= 15 is 0 Å². The van der Waals surface area contributed by atoms with Crippen molar-refractivity contribution in [3.63, 3.8) is 0 Å². The molecule has 6 nitrogen and oxygen atoms in total. The summed E-state index contributed by atoms with van der Waals surface area (Å²) in [5.41, 5.74) is 9.95. The summed E-state index contributed by atoms with van der Waals surface area (Å²) >= 11 is 1.21. The Morgan fingerprint density at radius 1 is 1.21 bits per heavy atom. The molecule has 1 aromatic carbocycles. The number of nitrogen functional groups attached to an aromatic ring is 1. The molecule has 0 saturated heterocycles. The average Bonchev–Trinajstić information content (AvgIpc) is 2.95. The van der Waals surface area contributed by atoms with Crippen LogP contribution in [0.3, 0.4) is 0 Å². The van der Waals surface area contributed by atoms with Crippen LogP contribution in [0.1, 0.15) is 32.1 Å². The number of nitrogens with two attached hydrogens (primary N) is 1. The van der Waals surface area contributed by atoms with E-state index in [0.29, 0.717) is 26.5 Å². The molecule has 7 heteroatoms. The van der Waals surface area contributed by atoms with Crippen LogP contribution in [0.15, 0.2) is 39.5 Å². The standard InChI is InChI=1S/C21H18N2O4S/c1-10-4-5-14-13(8-16(24)27-15(14)6-10)9-26-21(25)19-18(22)17-11(2)7-12(3)23-20(17)28-19/h4-8H,9,22H2,1-3H3. The summed E-state index contributed by atoms with van der Waals surface area (Å²) in [5, 5.41) is 1.51. The van der Waals surface area contributed by atoms with E-state index in [4.69, 9.17) is 14.9 Å². The molecule has 0 aliphatic rings. The molecule has 0 saturated carbocycles. The number of anilines is 1. The normalized spacial score (nSPS) is 11.2. The minimum absolute atomic E-state index is 0.0525. The SMILES string of the molecule is Cc1ccc2c(COC(=O)c3sc4nc(C)cc(C)c4c3N)cc(=O)oc2c1. The molecule has 28 heavy (non-hydrogen) atoms.